The van der Waals surface area contributed by atoms with Gasteiger partial charge in [0, 0.05) is 0 Å². The van der Waals surface area contributed by atoms with E-state index in [1.54, 1.807) is 6.07 Å². The molecule has 0 aliphatic carbocycles. The molecule has 0 saturated heterocycles. The fraction of sp³-hybridized carbons (Fsp3) is 0. The quantitative estimate of drug-likeness (QED) is 0.722. The highest BCUT2D eigenvalue weighted by Gasteiger charge is 2.12. The van der Waals surface area contributed by atoms with E-state index in [2.05, 4.69) is 4.98 Å². The van der Waals surface area contributed by atoms with Gasteiger partial charge < -0.3 is 5.11 Å². The van der Waals surface area contributed by atoms with Crippen molar-refractivity contribution in [2.24, 2.45) is 0 Å². The molecule has 1 aromatic heterocycles. The van der Waals surface area contributed by atoms with Crippen LogP contribution in [0.3, 0.4) is 0 Å². The fourth-order valence-electron chi connectivity index (χ4n) is 1.20. The first kappa shape index (κ1) is 7.72. The van der Waals surface area contributed by atoms with Crippen LogP contribution in [-0.2, 0) is 0 Å². The number of aromatic nitrogens is 2. The van der Waals surface area contributed by atoms with Crippen LogP contribution in [0, 0.1) is 0 Å². The third-order valence-electron chi connectivity index (χ3n) is 1.76. The molecule has 0 atom stereocenters. The predicted molar refractivity (Wildman–Crippen MR) is 43.2 cm³/mol. The van der Waals surface area contributed by atoms with E-state index in [0.717, 1.165) is 6.33 Å². The van der Waals surface area contributed by atoms with Crippen molar-refractivity contribution in [3.8, 4) is 0 Å². The molecule has 0 spiro atoms. The number of nitrogens with zero attached hydrogens (tertiary/aromatic N) is 2. The molecule has 13 heavy (non-hydrogen) atoms. The van der Waals surface area contributed by atoms with Crippen LogP contribution in [0.4, 0.5) is 4.48 Å². The maximum absolute atomic E-state index is 13.0. The van der Waals surface area contributed by atoms with Gasteiger partial charge in [-0.2, -0.15) is 4.79 Å². The van der Waals surface area contributed by atoms with E-state index in [0.29, 0.717) is 5.52 Å². The second-order valence-corrected chi connectivity index (χ2v) is 2.53. The van der Waals surface area contributed by atoms with Crippen molar-refractivity contribution in [2.75, 3.05) is 0 Å². The van der Waals surface area contributed by atoms with Gasteiger partial charge in [0.2, 0.25) is 0 Å². The van der Waals surface area contributed by atoms with Gasteiger partial charge in [-0.1, -0.05) is 10.5 Å². The molecule has 4 nitrogen and oxygen atoms in total. The van der Waals surface area contributed by atoms with Gasteiger partial charge in [0.05, 0.1) is 11.1 Å². The van der Waals surface area contributed by atoms with Crippen molar-refractivity contribution in [2.45, 2.75) is 0 Å². The number of carboxylic acids is 1. The monoisotopic (exact) mass is 180 g/mol. The van der Waals surface area contributed by atoms with Gasteiger partial charge >= 0.3 is 5.97 Å². The largest absolute Gasteiger partial charge is 0.478 e. The standard InChI is InChI=1S/C8H5FN2O2/c9-11-4-10-6-3-1-2-5(7(6)11)8(12)13/h1-4H,(H,12,13). The number of benzene rings is 1. The van der Waals surface area contributed by atoms with Crippen LogP contribution in [0.25, 0.3) is 11.0 Å². The molecule has 1 aromatic carbocycles. The zero-order chi connectivity index (χ0) is 9.42. The number of fused-ring (bicyclic) bond motifs is 1. The number of carbonyl (C=O) groups is 1. The summed E-state index contributed by atoms with van der Waals surface area (Å²) in [5.74, 6) is -1.16. The smallest absolute Gasteiger partial charge is 0.338 e. The molecular formula is C8H5FN2O2. The number of para-hydroxylation sites is 1. The summed E-state index contributed by atoms with van der Waals surface area (Å²) in [6.07, 6.45) is 0.942. The van der Waals surface area contributed by atoms with Crippen molar-refractivity contribution in [3.05, 3.63) is 30.1 Å². The van der Waals surface area contributed by atoms with Crippen molar-refractivity contribution in [1.29, 1.82) is 0 Å². The molecule has 0 aliphatic heterocycles. The van der Waals surface area contributed by atoms with E-state index in [1.807, 2.05) is 0 Å². The van der Waals surface area contributed by atoms with Crippen molar-refractivity contribution < 1.29 is 14.4 Å². The Kier molecular flexibility index (Phi) is 1.51. The lowest BCUT2D eigenvalue weighted by Gasteiger charge is -1.96. The number of imidazole rings is 1. The lowest BCUT2D eigenvalue weighted by atomic mass is 10.2. The van der Waals surface area contributed by atoms with Crippen LogP contribution in [0.1, 0.15) is 10.4 Å². The average Bonchev–Trinajstić information content (AvgIpc) is 2.48. The molecule has 0 amide bonds. The number of carboxylic acid groups (broad SMARTS) is 1. The molecule has 0 fully saturated rings. The summed E-state index contributed by atoms with van der Waals surface area (Å²) < 4.78 is 13.0. The average molecular weight is 180 g/mol. The maximum atomic E-state index is 13.0. The van der Waals surface area contributed by atoms with E-state index in [-0.39, 0.29) is 15.9 Å². The Hall–Kier alpha value is -1.91. The highest BCUT2D eigenvalue weighted by molar-refractivity contribution is 6.00. The Morgan fingerprint density at radius 2 is 2.31 bits per heavy atom. The highest BCUT2D eigenvalue weighted by atomic mass is 19.2. The van der Waals surface area contributed by atoms with Gasteiger partial charge in [-0.05, 0) is 12.1 Å². The topological polar surface area (TPSA) is 55.1 Å². The normalized spacial score (nSPS) is 10.5. The summed E-state index contributed by atoms with van der Waals surface area (Å²) in [4.78, 5) is 14.6. The van der Waals surface area contributed by atoms with Crippen LogP contribution >= 0.6 is 0 Å². The zero-order valence-corrected chi connectivity index (χ0v) is 6.44. The number of halogens is 1. The van der Waals surface area contributed by atoms with E-state index >= 15 is 0 Å². The molecule has 0 saturated carbocycles. The Balaban J connectivity index is 2.88. The van der Waals surface area contributed by atoms with Crippen LogP contribution in [0.2, 0.25) is 0 Å². The number of rotatable bonds is 1. The van der Waals surface area contributed by atoms with E-state index in [9.17, 15) is 9.28 Å². The minimum absolute atomic E-state index is 0.00463. The summed E-state index contributed by atoms with van der Waals surface area (Å²) in [6.45, 7) is 0. The van der Waals surface area contributed by atoms with Gasteiger partial charge in [-0.25, -0.2) is 9.78 Å². The molecule has 66 valence electrons. The lowest BCUT2D eigenvalue weighted by molar-refractivity contribution is 0.0698. The van der Waals surface area contributed by atoms with E-state index in [4.69, 9.17) is 5.11 Å². The molecular weight excluding hydrogens is 175 g/mol. The van der Waals surface area contributed by atoms with Gasteiger partial charge in [0.1, 0.15) is 11.8 Å². The Bertz CT molecular complexity index is 478. The minimum atomic E-state index is -1.16. The number of aromatic carboxylic acids is 1. The number of hydrogen-bond donors (Lipinski definition) is 1. The second-order valence-electron chi connectivity index (χ2n) is 2.53. The zero-order valence-electron chi connectivity index (χ0n) is 6.44. The van der Waals surface area contributed by atoms with Crippen molar-refractivity contribution >= 4 is 17.0 Å². The predicted octanol–water partition coefficient (Wildman–Crippen LogP) is 1.47. The molecule has 0 unspecified atom stereocenters. The van der Waals surface area contributed by atoms with Crippen LogP contribution in [0.5, 0.6) is 0 Å². The third kappa shape index (κ3) is 1.05. The molecule has 1 heterocycles. The highest BCUT2D eigenvalue weighted by Crippen LogP contribution is 2.17. The van der Waals surface area contributed by atoms with Gasteiger partial charge in [-0.15, -0.1) is 0 Å². The molecule has 5 heteroatoms. The van der Waals surface area contributed by atoms with Crippen LogP contribution in [0.15, 0.2) is 24.5 Å². The third-order valence-corrected chi connectivity index (χ3v) is 1.76. The minimum Gasteiger partial charge on any atom is -0.478 e. The first-order valence-electron chi connectivity index (χ1n) is 3.55. The van der Waals surface area contributed by atoms with Crippen LogP contribution in [-0.4, -0.2) is 20.8 Å². The van der Waals surface area contributed by atoms with Gasteiger partial charge in [0.15, 0.2) is 0 Å². The summed E-state index contributed by atoms with van der Waals surface area (Å²) in [5.41, 5.74) is 0.245. The molecule has 0 bridgehead atoms. The molecule has 0 radical (unpaired) electrons. The molecule has 2 rings (SSSR count). The summed E-state index contributed by atoms with van der Waals surface area (Å²) >= 11 is 0. The lowest BCUT2D eigenvalue weighted by Crippen LogP contribution is -1.98. The molecule has 1 N–H and O–H groups in total. The Morgan fingerprint density at radius 1 is 1.54 bits per heavy atom. The summed E-state index contributed by atoms with van der Waals surface area (Å²) in [5, 5.41) is 8.72. The van der Waals surface area contributed by atoms with Crippen molar-refractivity contribution in [1.82, 2.24) is 9.77 Å². The fourth-order valence-corrected chi connectivity index (χ4v) is 1.20. The van der Waals surface area contributed by atoms with Gasteiger partial charge in [-0.3, -0.25) is 0 Å². The van der Waals surface area contributed by atoms with E-state index in [1.165, 1.54) is 12.1 Å². The van der Waals surface area contributed by atoms with E-state index < -0.39 is 5.97 Å². The molecule has 0 aliphatic rings. The SMILES string of the molecule is O=C(O)c1cccc2ncn(F)c12. The Morgan fingerprint density at radius 3 is 3.00 bits per heavy atom. The molecule has 2 aromatic rings. The summed E-state index contributed by atoms with van der Waals surface area (Å²) in [6, 6.07) is 4.42. The van der Waals surface area contributed by atoms with Gasteiger partial charge in [0.25, 0.3) is 0 Å². The first-order valence-corrected chi connectivity index (χ1v) is 3.55. The van der Waals surface area contributed by atoms with Crippen LogP contribution < -0.4 is 0 Å². The first-order chi connectivity index (χ1) is 6.20. The Labute approximate surface area is 72.2 Å². The maximum Gasteiger partial charge on any atom is 0.338 e. The number of hydrogen-bond acceptors (Lipinski definition) is 2. The summed E-state index contributed by atoms with van der Waals surface area (Å²) in [7, 11) is 0. The van der Waals surface area contributed by atoms with Crippen molar-refractivity contribution in [3.63, 3.8) is 0 Å². The second kappa shape index (κ2) is 2.55.